The Kier molecular flexibility index (Phi) is 6.53. The van der Waals surface area contributed by atoms with Crippen LogP contribution in [0.4, 0.5) is 0 Å². The van der Waals surface area contributed by atoms with E-state index in [2.05, 4.69) is 5.32 Å². The van der Waals surface area contributed by atoms with E-state index in [1.165, 1.54) is 0 Å². The minimum Gasteiger partial charge on any atom is -0.383 e. The van der Waals surface area contributed by atoms with E-state index in [0.717, 1.165) is 29.7 Å². The van der Waals surface area contributed by atoms with Gasteiger partial charge in [-0.05, 0) is 18.9 Å². The van der Waals surface area contributed by atoms with E-state index < -0.39 is 0 Å². The van der Waals surface area contributed by atoms with Crippen LogP contribution in [0, 0.1) is 5.41 Å². The van der Waals surface area contributed by atoms with Gasteiger partial charge in [-0.1, -0.05) is 60.7 Å². The Hall–Kier alpha value is -3.71. The normalized spacial score (nSPS) is 19.5. The molecule has 2 aliphatic rings. The number of morpholine rings is 1. The first kappa shape index (κ1) is 22.1. The lowest BCUT2D eigenvalue weighted by Gasteiger charge is -2.29. The molecule has 3 aromatic rings. The van der Waals surface area contributed by atoms with Crippen molar-refractivity contribution >= 4 is 11.6 Å². The molecule has 0 unspecified atom stereocenters. The lowest BCUT2D eigenvalue weighted by atomic mass is 9.98. The van der Waals surface area contributed by atoms with Crippen LogP contribution in [0.2, 0.25) is 0 Å². The van der Waals surface area contributed by atoms with Crippen LogP contribution >= 0.6 is 0 Å². The number of rotatable bonds is 6. The molecule has 2 aromatic carbocycles. The van der Waals surface area contributed by atoms with E-state index in [-0.39, 0.29) is 17.7 Å². The number of carbonyl (C=O) groups is 1. The van der Waals surface area contributed by atoms with Gasteiger partial charge >= 0.3 is 0 Å². The summed E-state index contributed by atoms with van der Waals surface area (Å²) < 4.78 is 7.55. The number of nitrogens with zero attached hydrogens (tertiary/aromatic N) is 3. The Balaban J connectivity index is 1.39. The molecule has 0 spiro atoms. The van der Waals surface area contributed by atoms with Crippen LogP contribution in [0.3, 0.4) is 0 Å². The zero-order chi connectivity index (χ0) is 23.3. The fourth-order valence-corrected chi connectivity index (χ4v) is 4.67. The molecule has 1 amide bonds. The van der Waals surface area contributed by atoms with E-state index in [4.69, 9.17) is 15.2 Å². The van der Waals surface area contributed by atoms with Gasteiger partial charge in [0.1, 0.15) is 0 Å². The van der Waals surface area contributed by atoms with Crippen molar-refractivity contribution in [2.24, 2.45) is 0 Å². The van der Waals surface area contributed by atoms with E-state index >= 15 is 0 Å². The molecular formula is C27H29N5O2. The molecule has 2 N–H and O–H groups in total. The molecular weight excluding hydrogens is 426 g/mol. The van der Waals surface area contributed by atoms with E-state index in [9.17, 15) is 4.79 Å². The lowest BCUT2D eigenvalue weighted by molar-refractivity contribution is -0.127. The molecule has 2 aliphatic heterocycles. The van der Waals surface area contributed by atoms with Crippen molar-refractivity contribution < 1.29 is 9.53 Å². The first-order chi connectivity index (χ1) is 16.7. The van der Waals surface area contributed by atoms with Crippen LogP contribution in [-0.2, 0) is 16.1 Å². The molecule has 7 heteroatoms. The van der Waals surface area contributed by atoms with Crippen LogP contribution in [0.15, 0.2) is 84.2 Å². The van der Waals surface area contributed by atoms with Gasteiger partial charge in [0.15, 0.2) is 0 Å². The van der Waals surface area contributed by atoms with Crippen LogP contribution < -0.4 is 5.32 Å². The van der Waals surface area contributed by atoms with Gasteiger partial charge in [-0.2, -0.15) is 5.10 Å². The van der Waals surface area contributed by atoms with Crippen molar-refractivity contribution in [2.45, 2.75) is 25.4 Å². The van der Waals surface area contributed by atoms with E-state index in [1.54, 1.807) is 0 Å². The number of nitrogens with one attached hydrogen (secondary N) is 2. The number of likely N-dealkylation sites (tertiary alicyclic amines) is 1. The van der Waals surface area contributed by atoms with E-state index in [1.807, 2.05) is 82.5 Å². The summed E-state index contributed by atoms with van der Waals surface area (Å²) in [5, 5.41) is 16.9. The average molecular weight is 456 g/mol. The summed E-state index contributed by atoms with van der Waals surface area (Å²) in [5.41, 5.74) is 4.06. The number of hydrogen-bond donors (Lipinski definition) is 2. The summed E-state index contributed by atoms with van der Waals surface area (Å²) in [5.74, 6) is -0.111. The highest BCUT2D eigenvalue weighted by Crippen LogP contribution is 2.25. The molecule has 0 saturated carbocycles. The molecule has 3 heterocycles. The first-order valence-electron chi connectivity index (χ1n) is 11.8. The van der Waals surface area contributed by atoms with Crippen LogP contribution in [-0.4, -0.2) is 58.6 Å². The highest BCUT2D eigenvalue weighted by atomic mass is 16.5. The number of hydrogen-bond acceptors (Lipinski definition) is 5. The monoisotopic (exact) mass is 455 g/mol. The molecule has 0 bridgehead atoms. The van der Waals surface area contributed by atoms with Crippen molar-refractivity contribution in [1.82, 2.24) is 20.0 Å². The van der Waals surface area contributed by atoms with E-state index in [0.29, 0.717) is 44.1 Å². The van der Waals surface area contributed by atoms with Crippen LogP contribution in [0.25, 0.3) is 11.3 Å². The number of ether oxygens (including phenoxy) is 1. The Labute approximate surface area is 199 Å². The molecule has 7 nitrogen and oxygen atoms in total. The highest BCUT2D eigenvalue weighted by Gasteiger charge is 2.34. The van der Waals surface area contributed by atoms with Gasteiger partial charge < -0.3 is 15.0 Å². The van der Waals surface area contributed by atoms with Gasteiger partial charge in [-0.25, -0.2) is 0 Å². The Bertz CT molecular complexity index is 1180. The van der Waals surface area contributed by atoms with Crippen LogP contribution in [0.1, 0.15) is 18.4 Å². The Morgan fingerprint density at radius 3 is 2.59 bits per heavy atom. The van der Waals surface area contributed by atoms with Crippen molar-refractivity contribution in [2.75, 3.05) is 26.3 Å². The second kappa shape index (κ2) is 10.1. The fraction of sp³-hybridized carbons (Fsp3) is 0.296. The molecule has 0 radical (unpaired) electrons. The van der Waals surface area contributed by atoms with Crippen molar-refractivity contribution in [3.05, 3.63) is 89.8 Å². The summed E-state index contributed by atoms with van der Waals surface area (Å²) in [6.45, 7) is 2.85. The predicted molar refractivity (Wildman–Crippen MR) is 132 cm³/mol. The minimum absolute atomic E-state index is 0.0275. The van der Waals surface area contributed by atoms with Crippen molar-refractivity contribution in [1.29, 1.82) is 5.41 Å². The third-order valence-corrected chi connectivity index (χ3v) is 6.41. The number of benzene rings is 2. The number of amides is 1. The largest absolute Gasteiger partial charge is 0.383 e. The number of carbonyl (C=O) groups excluding carboxylic acids is 1. The molecule has 174 valence electrons. The van der Waals surface area contributed by atoms with Crippen molar-refractivity contribution in [3.8, 4) is 11.3 Å². The van der Waals surface area contributed by atoms with Crippen LogP contribution in [0.5, 0.6) is 0 Å². The maximum Gasteiger partial charge on any atom is 0.258 e. The fourth-order valence-electron chi connectivity index (χ4n) is 4.67. The first-order valence-corrected chi connectivity index (χ1v) is 11.8. The third-order valence-electron chi connectivity index (χ3n) is 6.41. The molecule has 34 heavy (non-hydrogen) atoms. The quantitative estimate of drug-likeness (QED) is 0.440. The molecule has 1 atom stereocenters. The smallest absolute Gasteiger partial charge is 0.258 e. The van der Waals surface area contributed by atoms with Gasteiger partial charge in [-0.15, -0.1) is 0 Å². The zero-order valence-corrected chi connectivity index (χ0v) is 19.1. The molecule has 0 aliphatic carbocycles. The summed E-state index contributed by atoms with van der Waals surface area (Å²) in [6.07, 6.45) is 3.83. The maximum absolute atomic E-state index is 13.9. The minimum atomic E-state index is -0.111. The molecule has 2 fully saturated rings. The maximum atomic E-state index is 13.9. The predicted octanol–water partition coefficient (Wildman–Crippen LogP) is 3.48. The second-order valence-corrected chi connectivity index (χ2v) is 8.66. The van der Waals surface area contributed by atoms with Gasteiger partial charge in [0.2, 0.25) is 0 Å². The standard InChI is InChI=1S/C27H29N5O2/c28-26(21-10-5-2-6-11-21)25(24-19-34-17-14-29-24)27(33)32-15-7-12-22(32)18-31-16-13-23(30-31)20-8-3-1-4-9-20/h1-6,8-11,13,16,22,28-29H,7,12,14-15,17-19H2/b25-24+,28-26?/t22-/m0/s1. The molecule has 1 aromatic heterocycles. The van der Waals surface area contributed by atoms with Gasteiger partial charge in [0.25, 0.3) is 5.91 Å². The third kappa shape index (κ3) is 4.65. The summed E-state index contributed by atoms with van der Waals surface area (Å²) in [7, 11) is 0. The zero-order valence-electron chi connectivity index (χ0n) is 19.1. The summed E-state index contributed by atoms with van der Waals surface area (Å²) in [4.78, 5) is 15.8. The van der Waals surface area contributed by atoms with Gasteiger partial charge in [0.05, 0.1) is 48.5 Å². The summed E-state index contributed by atoms with van der Waals surface area (Å²) >= 11 is 0. The average Bonchev–Trinajstić information content (AvgIpc) is 3.56. The second-order valence-electron chi connectivity index (χ2n) is 8.66. The molecule has 2 saturated heterocycles. The topological polar surface area (TPSA) is 83.2 Å². The van der Waals surface area contributed by atoms with Gasteiger partial charge in [0, 0.05) is 30.4 Å². The van der Waals surface area contributed by atoms with Crippen molar-refractivity contribution in [3.63, 3.8) is 0 Å². The Morgan fingerprint density at radius 1 is 1.09 bits per heavy atom. The Morgan fingerprint density at radius 2 is 1.85 bits per heavy atom. The number of aromatic nitrogens is 2. The lowest BCUT2D eigenvalue weighted by Crippen LogP contribution is -2.43. The SMILES string of the molecule is N=C(/C(C(=O)N1CCC[C@H]1Cn1ccc(-c2ccccc2)n1)=C1/COCCN1)c1ccccc1. The summed E-state index contributed by atoms with van der Waals surface area (Å²) in [6, 6.07) is 21.6. The molecule has 5 rings (SSSR count). The highest BCUT2D eigenvalue weighted by molar-refractivity contribution is 6.27. The van der Waals surface area contributed by atoms with Gasteiger partial charge in [-0.3, -0.25) is 14.9 Å².